The van der Waals surface area contributed by atoms with E-state index in [-0.39, 0.29) is 17.9 Å². The molecule has 1 aliphatic carbocycles. The van der Waals surface area contributed by atoms with Gasteiger partial charge in [0.05, 0.1) is 6.54 Å². The zero-order valence-corrected chi connectivity index (χ0v) is 17.3. The average Bonchev–Trinajstić information content (AvgIpc) is 3.08. The molecule has 28 heavy (non-hydrogen) atoms. The molecule has 2 heterocycles. The van der Waals surface area contributed by atoms with Gasteiger partial charge >= 0.3 is 0 Å². The summed E-state index contributed by atoms with van der Waals surface area (Å²) in [5, 5.41) is 5.32. The monoisotopic (exact) mass is 396 g/mol. The molecule has 1 aromatic heterocycles. The number of fused-ring (bicyclic) bond motifs is 1. The van der Waals surface area contributed by atoms with Crippen LogP contribution in [0.5, 0.6) is 0 Å². The lowest BCUT2D eigenvalue weighted by Gasteiger charge is -2.44. The quantitative estimate of drug-likeness (QED) is 0.771. The van der Waals surface area contributed by atoms with Crippen LogP contribution in [0.15, 0.2) is 41.8 Å². The van der Waals surface area contributed by atoms with E-state index in [0.29, 0.717) is 13.0 Å². The summed E-state index contributed by atoms with van der Waals surface area (Å²) in [6.07, 6.45) is 7.47. The zero-order valence-electron chi connectivity index (χ0n) is 16.4. The van der Waals surface area contributed by atoms with Gasteiger partial charge in [-0.25, -0.2) is 0 Å². The molecule has 1 aromatic carbocycles. The largest absolute Gasteiger partial charge is 0.351 e. The summed E-state index contributed by atoms with van der Waals surface area (Å²) in [6, 6.07) is 11.9. The minimum absolute atomic E-state index is 0.0150. The second-order valence-corrected chi connectivity index (χ2v) is 9.27. The summed E-state index contributed by atoms with van der Waals surface area (Å²) in [4.78, 5) is 29.7. The summed E-state index contributed by atoms with van der Waals surface area (Å²) in [7, 11) is 0. The molecule has 2 aromatic rings. The van der Waals surface area contributed by atoms with Gasteiger partial charge in [-0.3, -0.25) is 9.59 Å². The van der Waals surface area contributed by atoms with E-state index in [1.54, 1.807) is 16.2 Å². The van der Waals surface area contributed by atoms with Crippen molar-refractivity contribution in [3.8, 4) is 0 Å². The van der Waals surface area contributed by atoms with Crippen LogP contribution < -0.4 is 5.32 Å². The van der Waals surface area contributed by atoms with Gasteiger partial charge in [-0.05, 0) is 42.8 Å². The second-order valence-electron chi connectivity index (χ2n) is 8.24. The highest BCUT2D eigenvalue weighted by Gasteiger charge is 2.47. The Balaban J connectivity index is 1.64. The van der Waals surface area contributed by atoms with Gasteiger partial charge in [-0.2, -0.15) is 0 Å². The number of hydrogen-bond acceptors (Lipinski definition) is 3. The minimum Gasteiger partial charge on any atom is -0.351 e. The van der Waals surface area contributed by atoms with Crippen LogP contribution in [0, 0.1) is 0 Å². The fourth-order valence-corrected chi connectivity index (χ4v) is 5.18. The van der Waals surface area contributed by atoms with E-state index in [4.69, 9.17) is 0 Å². The molecule has 1 N–H and O–H groups in total. The Morgan fingerprint density at radius 2 is 1.89 bits per heavy atom. The molecule has 0 saturated heterocycles. The van der Waals surface area contributed by atoms with E-state index >= 15 is 0 Å². The van der Waals surface area contributed by atoms with Gasteiger partial charge < -0.3 is 10.2 Å². The number of benzene rings is 1. The van der Waals surface area contributed by atoms with Gasteiger partial charge in [0.2, 0.25) is 5.91 Å². The summed E-state index contributed by atoms with van der Waals surface area (Å²) in [5.74, 6) is -0.0624. The molecule has 0 radical (unpaired) electrons. The van der Waals surface area contributed by atoms with Crippen LogP contribution >= 0.6 is 11.3 Å². The highest BCUT2D eigenvalue weighted by atomic mass is 32.1. The van der Waals surface area contributed by atoms with Crippen LogP contribution in [0.1, 0.15) is 66.2 Å². The number of carbonyl (C=O) groups excluding carboxylic acids is 2. The lowest BCUT2D eigenvalue weighted by atomic mass is 9.82. The lowest BCUT2D eigenvalue weighted by Crippen LogP contribution is -2.63. The van der Waals surface area contributed by atoms with E-state index in [1.165, 1.54) is 25.7 Å². The van der Waals surface area contributed by atoms with Crippen LogP contribution in [0.3, 0.4) is 0 Å². The Labute approximate surface area is 170 Å². The van der Waals surface area contributed by atoms with E-state index < -0.39 is 5.54 Å². The number of hydrogen-bond donors (Lipinski definition) is 1. The number of nitrogens with zero attached hydrogens (tertiary/aromatic N) is 1. The van der Waals surface area contributed by atoms with Gasteiger partial charge in [-0.1, -0.05) is 49.9 Å². The van der Waals surface area contributed by atoms with E-state index in [2.05, 4.69) is 5.32 Å². The summed E-state index contributed by atoms with van der Waals surface area (Å²) < 4.78 is 0. The summed E-state index contributed by atoms with van der Waals surface area (Å²) in [6.45, 7) is 2.40. The summed E-state index contributed by atoms with van der Waals surface area (Å²) >= 11 is 1.63. The maximum atomic E-state index is 13.5. The molecule has 1 saturated carbocycles. The molecule has 2 aliphatic rings. The van der Waals surface area contributed by atoms with Crippen LogP contribution in [-0.4, -0.2) is 28.3 Å². The highest BCUT2D eigenvalue weighted by Crippen LogP contribution is 2.34. The van der Waals surface area contributed by atoms with Crippen molar-refractivity contribution in [3.05, 3.63) is 57.8 Å². The molecule has 2 amide bonds. The number of thiophene rings is 1. The lowest BCUT2D eigenvalue weighted by molar-refractivity contribution is -0.132. The van der Waals surface area contributed by atoms with Crippen LogP contribution in [0.4, 0.5) is 0 Å². The van der Waals surface area contributed by atoms with Crippen molar-refractivity contribution in [2.45, 2.75) is 70.0 Å². The van der Waals surface area contributed by atoms with E-state index in [1.807, 2.05) is 48.7 Å². The first-order chi connectivity index (χ1) is 13.6. The molecule has 0 bridgehead atoms. The molecular weight excluding hydrogens is 368 g/mol. The second kappa shape index (κ2) is 8.08. The highest BCUT2D eigenvalue weighted by molar-refractivity contribution is 7.09. The Morgan fingerprint density at radius 3 is 2.61 bits per heavy atom. The van der Waals surface area contributed by atoms with Crippen molar-refractivity contribution < 1.29 is 9.59 Å². The smallest absolute Gasteiger partial charge is 0.255 e. The molecule has 4 nitrogen and oxygen atoms in total. The van der Waals surface area contributed by atoms with Gasteiger partial charge in [0, 0.05) is 22.9 Å². The van der Waals surface area contributed by atoms with Crippen molar-refractivity contribution >= 4 is 23.2 Å². The fraction of sp³-hybridized carbons (Fsp3) is 0.478. The first-order valence-corrected chi connectivity index (χ1v) is 11.2. The Bertz CT molecular complexity index is 840. The maximum Gasteiger partial charge on any atom is 0.255 e. The molecule has 1 unspecified atom stereocenters. The van der Waals surface area contributed by atoms with Crippen molar-refractivity contribution in [3.63, 3.8) is 0 Å². The summed E-state index contributed by atoms with van der Waals surface area (Å²) in [5.41, 5.74) is 0.814. The van der Waals surface area contributed by atoms with Gasteiger partial charge in [0.25, 0.3) is 5.91 Å². The standard InChI is InChI=1S/C23H28N2O2S/c1-23(22(27)24-18-10-4-2-3-5-11-18)15-17-9-6-7-13-20(17)21(26)25(23)16-19-12-8-14-28-19/h6-9,12-14,18H,2-5,10-11,15-16H2,1H3,(H,24,27). The Kier molecular flexibility index (Phi) is 5.54. The molecule has 1 aliphatic heterocycles. The Morgan fingerprint density at radius 1 is 1.14 bits per heavy atom. The van der Waals surface area contributed by atoms with E-state index in [9.17, 15) is 9.59 Å². The van der Waals surface area contributed by atoms with Gasteiger partial charge in [-0.15, -0.1) is 11.3 Å². The predicted molar refractivity (Wildman–Crippen MR) is 112 cm³/mol. The predicted octanol–water partition coefficient (Wildman–Crippen LogP) is 4.54. The number of amides is 2. The van der Waals surface area contributed by atoms with Crippen molar-refractivity contribution in [2.75, 3.05) is 0 Å². The molecule has 4 rings (SSSR count). The third-order valence-corrected chi connectivity index (χ3v) is 7.06. The van der Waals surface area contributed by atoms with Crippen molar-refractivity contribution in [1.82, 2.24) is 10.2 Å². The van der Waals surface area contributed by atoms with Gasteiger partial charge in [0.15, 0.2) is 0 Å². The molecular formula is C23H28N2O2S. The topological polar surface area (TPSA) is 49.4 Å². The molecule has 5 heteroatoms. The molecule has 1 fully saturated rings. The first-order valence-electron chi connectivity index (χ1n) is 10.3. The number of rotatable bonds is 4. The minimum atomic E-state index is -0.873. The van der Waals surface area contributed by atoms with Crippen molar-refractivity contribution in [1.29, 1.82) is 0 Å². The SMILES string of the molecule is CC1(C(=O)NC2CCCCCC2)Cc2ccccc2C(=O)N1Cc1cccs1. The number of nitrogens with one attached hydrogen (secondary N) is 1. The molecule has 1 atom stereocenters. The maximum absolute atomic E-state index is 13.5. The van der Waals surface area contributed by atoms with Crippen LogP contribution in [0.2, 0.25) is 0 Å². The first kappa shape index (κ1) is 19.2. The Hall–Kier alpha value is -2.14. The van der Waals surface area contributed by atoms with Crippen LogP contribution in [-0.2, 0) is 17.8 Å². The van der Waals surface area contributed by atoms with Gasteiger partial charge in [0.1, 0.15) is 5.54 Å². The van der Waals surface area contributed by atoms with Crippen LogP contribution in [0.25, 0.3) is 0 Å². The fourth-order valence-electron chi connectivity index (χ4n) is 4.49. The number of carbonyl (C=O) groups is 2. The average molecular weight is 397 g/mol. The normalized spacial score (nSPS) is 23.2. The molecule has 148 valence electrons. The molecule has 0 spiro atoms. The third kappa shape index (κ3) is 3.72. The zero-order chi connectivity index (χ0) is 19.6. The van der Waals surface area contributed by atoms with E-state index in [0.717, 1.165) is 28.8 Å². The van der Waals surface area contributed by atoms with Crippen molar-refractivity contribution in [2.24, 2.45) is 0 Å². The third-order valence-electron chi connectivity index (χ3n) is 6.20.